The summed E-state index contributed by atoms with van der Waals surface area (Å²) in [4.78, 5) is 10.4. The van der Waals surface area contributed by atoms with Gasteiger partial charge in [-0.1, -0.05) is 51.9 Å². The SMILES string of the molecule is CCCCCCCCCC1C=C(CCCCCC(=O)O)O1. The Kier molecular flexibility index (Phi) is 10.0. The summed E-state index contributed by atoms with van der Waals surface area (Å²) in [7, 11) is 0. The maximum atomic E-state index is 10.4. The number of hydrogen-bond acceptors (Lipinski definition) is 2. The van der Waals surface area contributed by atoms with Crippen LogP contribution in [0.5, 0.6) is 0 Å². The number of hydrogen-bond donors (Lipinski definition) is 1. The number of allylic oxidation sites excluding steroid dienone is 1. The van der Waals surface area contributed by atoms with Crippen LogP contribution in [0, 0.1) is 0 Å². The minimum absolute atomic E-state index is 0.292. The van der Waals surface area contributed by atoms with E-state index < -0.39 is 5.97 Å². The highest BCUT2D eigenvalue weighted by Gasteiger charge is 2.19. The van der Waals surface area contributed by atoms with Gasteiger partial charge in [0.1, 0.15) is 6.10 Å². The average molecular weight is 296 g/mol. The second-order valence-corrected chi connectivity index (χ2v) is 6.15. The summed E-state index contributed by atoms with van der Waals surface area (Å²) in [5.74, 6) is 0.433. The molecule has 3 nitrogen and oxygen atoms in total. The van der Waals surface area contributed by atoms with Gasteiger partial charge in [-0.3, -0.25) is 4.79 Å². The van der Waals surface area contributed by atoms with E-state index in [0.717, 1.165) is 37.9 Å². The lowest BCUT2D eigenvalue weighted by atomic mass is 10.0. The summed E-state index contributed by atoms with van der Waals surface area (Å²) < 4.78 is 5.76. The standard InChI is InChI=1S/C18H32O3/c1-2-3-4-5-6-7-9-12-16-15-17(21-16)13-10-8-11-14-18(19)20/h15-16H,2-14H2,1H3,(H,19,20). The maximum Gasteiger partial charge on any atom is 0.303 e. The zero-order valence-electron chi connectivity index (χ0n) is 13.6. The molecule has 1 atom stereocenters. The third-order valence-electron chi connectivity index (χ3n) is 4.08. The van der Waals surface area contributed by atoms with E-state index in [9.17, 15) is 4.79 Å². The van der Waals surface area contributed by atoms with Crippen LogP contribution in [0.2, 0.25) is 0 Å². The van der Waals surface area contributed by atoms with Crippen LogP contribution in [0.4, 0.5) is 0 Å². The molecule has 0 aliphatic carbocycles. The summed E-state index contributed by atoms with van der Waals surface area (Å²) in [6.45, 7) is 2.25. The van der Waals surface area contributed by atoms with Crippen molar-refractivity contribution in [1.82, 2.24) is 0 Å². The summed E-state index contributed by atoms with van der Waals surface area (Å²) in [5, 5.41) is 8.54. The van der Waals surface area contributed by atoms with Gasteiger partial charge in [0.25, 0.3) is 0 Å². The van der Waals surface area contributed by atoms with E-state index in [-0.39, 0.29) is 0 Å². The van der Waals surface area contributed by atoms with Gasteiger partial charge in [0.15, 0.2) is 0 Å². The van der Waals surface area contributed by atoms with Crippen LogP contribution < -0.4 is 0 Å². The minimum atomic E-state index is -0.691. The molecule has 3 heteroatoms. The average Bonchev–Trinajstić information content (AvgIpc) is 2.41. The van der Waals surface area contributed by atoms with Crippen molar-refractivity contribution < 1.29 is 14.6 Å². The Morgan fingerprint density at radius 3 is 2.33 bits per heavy atom. The Bertz CT molecular complexity index is 310. The van der Waals surface area contributed by atoms with Gasteiger partial charge in [0.05, 0.1) is 5.76 Å². The van der Waals surface area contributed by atoms with Gasteiger partial charge in [-0.25, -0.2) is 0 Å². The normalized spacial score (nSPS) is 17.0. The largest absolute Gasteiger partial charge is 0.491 e. The molecule has 0 fully saturated rings. The molecule has 1 unspecified atom stereocenters. The molecule has 0 aromatic rings. The molecule has 1 aliphatic heterocycles. The second kappa shape index (κ2) is 11.6. The Morgan fingerprint density at radius 2 is 1.67 bits per heavy atom. The highest BCUT2D eigenvalue weighted by molar-refractivity contribution is 5.66. The quantitative estimate of drug-likeness (QED) is 0.434. The Hall–Kier alpha value is -0.990. The molecular weight excluding hydrogens is 264 g/mol. The predicted molar refractivity (Wildman–Crippen MR) is 86.3 cm³/mol. The molecule has 0 aromatic heterocycles. The van der Waals surface area contributed by atoms with Crippen LogP contribution in [-0.4, -0.2) is 17.2 Å². The van der Waals surface area contributed by atoms with E-state index in [1.54, 1.807) is 0 Å². The van der Waals surface area contributed by atoms with E-state index in [1.807, 2.05) is 0 Å². The van der Waals surface area contributed by atoms with Gasteiger partial charge in [-0.15, -0.1) is 0 Å². The van der Waals surface area contributed by atoms with Crippen molar-refractivity contribution in [3.8, 4) is 0 Å². The first-order valence-electron chi connectivity index (χ1n) is 8.81. The molecule has 0 amide bonds. The van der Waals surface area contributed by atoms with E-state index in [1.165, 1.54) is 44.9 Å². The highest BCUT2D eigenvalue weighted by atomic mass is 16.5. The third-order valence-corrected chi connectivity index (χ3v) is 4.08. The fraction of sp³-hybridized carbons (Fsp3) is 0.833. The van der Waals surface area contributed by atoms with Crippen LogP contribution in [0.15, 0.2) is 11.8 Å². The van der Waals surface area contributed by atoms with Gasteiger partial charge < -0.3 is 9.84 Å². The first kappa shape index (κ1) is 18.1. The lowest BCUT2D eigenvalue weighted by molar-refractivity contribution is -0.137. The summed E-state index contributed by atoms with van der Waals surface area (Å²) in [5.41, 5.74) is 0. The van der Waals surface area contributed by atoms with Gasteiger partial charge in [0, 0.05) is 12.8 Å². The van der Waals surface area contributed by atoms with Crippen molar-refractivity contribution in [2.75, 3.05) is 0 Å². The third kappa shape index (κ3) is 9.54. The van der Waals surface area contributed by atoms with Crippen molar-refractivity contribution in [1.29, 1.82) is 0 Å². The van der Waals surface area contributed by atoms with Crippen molar-refractivity contribution in [2.45, 2.75) is 96.5 Å². The van der Waals surface area contributed by atoms with E-state index in [2.05, 4.69) is 13.0 Å². The molecule has 0 aromatic carbocycles. The molecule has 1 heterocycles. The van der Waals surface area contributed by atoms with Crippen LogP contribution in [0.1, 0.15) is 90.4 Å². The fourth-order valence-corrected chi connectivity index (χ4v) is 2.74. The van der Waals surface area contributed by atoms with Crippen LogP contribution >= 0.6 is 0 Å². The number of ether oxygens (including phenoxy) is 1. The van der Waals surface area contributed by atoms with Gasteiger partial charge in [-0.05, 0) is 31.8 Å². The molecular formula is C18H32O3. The van der Waals surface area contributed by atoms with E-state index in [0.29, 0.717) is 12.5 Å². The zero-order chi connectivity index (χ0) is 15.3. The van der Waals surface area contributed by atoms with Crippen molar-refractivity contribution in [3.05, 3.63) is 11.8 Å². The number of rotatable bonds is 14. The topological polar surface area (TPSA) is 46.5 Å². The number of carbonyl (C=O) groups is 1. The summed E-state index contributed by atoms with van der Waals surface area (Å²) >= 11 is 0. The molecule has 0 saturated heterocycles. The lowest BCUT2D eigenvalue weighted by Crippen LogP contribution is -2.20. The van der Waals surface area contributed by atoms with Gasteiger partial charge in [0.2, 0.25) is 0 Å². The number of carboxylic acid groups (broad SMARTS) is 1. The van der Waals surface area contributed by atoms with E-state index in [4.69, 9.17) is 9.84 Å². The number of unbranched alkanes of at least 4 members (excludes halogenated alkanes) is 8. The molecule has 21 heavy (non-hydrogen) atoms. The monoisotopic (exact) mass is 296 g/mol. The zero-order valence-corrected chi connectivity index (χ0v) is 13.6. The number of aliphatic carboxylic acids is 1. The predicted octanol–water partition coefficient (Wildman–Crippen LogP) is 5.44. The van der Waals surface area contributed by atoms with Crippen LogP contribution in [-0.2, 0) is 9.53 Å². The molecule has 1 N–H and O–H groups in total. The van der Waals surface area contributed by atoms with Crippen LogP contribution in [0.25, 0.3) is 0 Å². The van der Waals surface area contributed by atoms with Gasteiger partial charge >= 0.3 is 5.97 Å². The second-order valence-electron chi connectivity index (χ2n) is 6.15. The minimum Gasteiger partial charge on any atom is -0.491 e. The molecule has 0 spiro atoms. The molecule has 122 valence electrons. The first-order chi connectivity index (χ1) is 10.2. The molecule has 0 bridgehead atoms. The molecule has 1 rings (SSSR count). The number of carboxylic acids is 1. The smallest absolute Gasteiger partial charge is 0.303 e. The Balaban J connectivity index is 1.85. The highest BCUT2D eigenvalue weighted by Crippen LogP contribution is 2.26. The van der Waals surface area contributed by atoms with Crippen LogP contribution in [0.3, 0.4) is 0 Å². The van der Waals surface area contributed by atoms with Crippen molar-refractivity contribution in [3.63, 3.8) is 0 Å². The first-order valence-corrected chi connectivity index (χ1v) is 8.81. The maximum absolute atomic E-state index is 10.4. The molecule has 1 aliphatic rings. The lowest BCUT2D eigenvalue weighted by Gasteiger charge is -2.27. The van der Waals surface area contributed by atoms with E-state index >= 15 is 0 Å². The van der Waals surface area contributed by atoms with Crippen molar-refractivity contribution in [2.24, 2.45) is 0 Å². The van der Waals surface area contributed by atoms with Crippen molar-refractivity contribution >= 4 is 5.97 Å². The fourth-order valence-electron chi connectivity index (χ4n) is 2.74. The molecule has 0 saturated carbocycles. The van der Waals surface area contributed by atoms with Gasteiger partial charge in [-0.2, -0.15) is 0 Å². The Labute approximate surface area is 129 Å². The summed E-state index contributed by atoms with van der Waals surface area (Å²) in [6.07, 6.45) is 17.3. The summed E-state index contributed by atoms with van der Waals surface area (Å²) in [6, 6.07) is 0. The molecule has 0 radical (unpaired) electrons. The Morgan fingerprint density at radius 1 is 1.05 bits per heavy atom.